The summed E-state index contributed by atoms with van der Waals surface area (Å²) in [5, 5.41) is 3.13. The number of piperazine rings is 1. The van der Waals surface area contributed by atoms with Crippen molar-refractivity contribution >= 4 is 38.5 Å². The summed E-state index contributed by atoms with van der Waals surface area (Å²) in [5.74, 6) is -1.11. The number of nitrogens with one attached hydrogen (secondary N) is 1. The molecule has 0 spiro atoms. The molecule has 1 N–H and O–H groups in total. The van der Waals surface area contributed by atoms with Gasteiger partial charge in [0.2, 0.25) is 0 Å². The number of nitrogens with zero attached hydrogens (tertiary/aromatic N) is 3. The lowest BCUT2D eigenvalue weighted by Gasteiger charge is -2.34. The van der Waals surface area contributed by atoms with Gasteiger partial charge in [0.15, 0.2) is 5.13 Å². The van der Waals surface area contributed by atoms with Crippen LogP contribution in [0.2, 0.25) is 0 Å². The first-order valence-electron chi connectivity index (χ1n) is 9.33. The molecule has 2 heterocycles. The van der Waals surface area contributed by atoms with Crippen molar-refractivity contribution in [3.05, 3.63) is 59.7 Å². The summed E-state index contributed by atoms with van der Waals surface area (Å²) in [6.45, 7) is 5.46. The van der Waals surface area contributed by atoms with Gasteiger partial charge in [0.05, 0.1) is 10.2 Å². The number of thiazole rings is 1. The molecule has 0 unspecified atom stereocenters. The van der Waals surface area contributed by atoms with Crippen LogP contribution in [0.1, 0.15) is 11.1 Å². The zero-order chi connectivity index (χ0) is 19.5. The van der Waals surface area contributed by atoms with Crippen LogP contribution in [0.25, 0.3) is 10.2 Å². The molecular formula is C21H22N4O2S. The highest BCUT2D eigenvalue weighted by Crippen LogP contribution is 2.27. The van der Waals surface area contributed by atoms with Gasteiger partial charge in [0.25, 0.3) is 0 Å². The number of carbonyl (C=O) groups is 2. The highest BCUT2D eigenvalue weighted by molar-refractivity contribution is 7.22. The van der Waals surface area contributed by atoms with E-state index in [1.807, 2.05) is 43.3 Å². The first kappa shape index (κ1) is 18.6. The minimum atomic E-state index is -0.617. The van der Waals surface area contributed by atoms with E-state index >= 15 is 0 Å². The lowest BCUT2D eigenvalue weighted by atomic mass is 10.2. The van der Waals surface area contributed by atoms with Crippen molar-refractivity contribution in [3.63, 3.8) is 0 Å². The maximum Gasteiger partial charge on any atom is 0.315 e. The van der Waals surface area contributed by atoms with Gasteiger partial charge in [-0.1, -0.05) is 53.8 Å². The Morgan fingerprint density at radius 3 is 2.50 bits per heavy atom. The molecule has 0 radical (unpaired) electrons. The van der Waals surface area contributed by atoms with Gasteiger partial charge in [-0.3, -0.25) is 19.8 Å². The number of rotatable bonds is 3. The van der Waals surface area contributed by atoms with Crippen molar-refractivity contribution in [2.45, 2.75) is 13.5 Å². The number of anilines is 1. The average Bonchev–Trinajstić information content (AvgIpc) is 3.13. The molecule has 0 aliphatic carbocycles. The number of hydrogen-bond acceptors (Lipinski definition) is 5. The first-order valence-corrected chi connectivity index (χ1v) is 10.1. The highest BCUT2D eigenvalue weighted by atomic mass is 32.1. The van der Waals surface area contributed by atoms with Crippen LogP contribution >= 0.6 is 11.3 Å². The van der Waals surface area contributed by atoms with Crippen LogP contribution in [0, 0.1) is 6.92 Å². The van der Waals surface area contributed by atoms with E-state index in [2.05, 4.69) is 27.3 Å². The van der Waals surface area contributed by atoms with Crippen LogP contribution in [0.4, 0.5) is 5.13 Å². The van der Waals surface area contributed by atoms with Crippen molar-refractivity contribution in [1.29, 1.82) is 0 Å². The maximum absolute atomic E-state index is 12.5. The molecule has 6 nitrogen and oxygen atoms in total. The molecule has 1 aliphatic heterocycles. The van der Waals surface area contributed by atoms with Crippen molar-refractivity contribution < 1.29 is 9.59 Å². The maximum atomic E-state index is 12.5. The molecule has 7 heteroatoms. The van der Waals surface area contributed by atoms with Gasteiger partial charge in [-0.15, -0.1) is 0 Å². The Labute approximate surface area is 167 Å². The second kappa shape index (κ2) is 8.08. The molecule has 144 valence electrons. The summed E-state index contributed by atoms with van der Waals surface area (Å²) >= 11 is 1.38. The normalized spacial score (nSPS) is 15.0. The summed E-state index contributed by atoms with van der Waals surface area (Å²) < 4.78 is 0.997. The van der Waals surface area contributed by atoms with E-state index in [9.17, 15) is 9.59 Å². The Morgan fingerprint density at radius 1 is 1.04 bits per heavy atom. The molecule has 4 rings (SSSR count). The van der Waals surface area contributed by atoms with E-state index in [1.165, 1.54) is 16.9 Å². The van der Waals surface area contributed by atoms with E-state index in [0.717, 1.165) is 35.4 Å². The minimum absolute atomic E-state index is 0.463. The van der Waals surface area contributed by atoms with Crippen molar-refractivity contribution in [3.8, 4) is 0 Å². The molecule has 1 aliphatic rings. The van der Waals surface area contributed by atoms with Crippen molar-refractivity contribution in [1.82, 2.24) is 14.8 Å². The van der Waals surface area contributed by atoms with Crippen LogP contribution in [-0.2, 0) is 16.1 Å². The van der Waals surface area contributed by atoms with Gasteiger partial charge in [0, 0.05) is 32.7 Å². The van der Waals surface area contributed by atoms with Crippen LogP contribution in [0.5, 0.6) is 0 Å². The summed E-state index contributed by atoms with van der Waals surface area (Å²) in [4.78, 5) is 33.3. The zero-order valence-electron chi connectivity index (χ0n) is 15.7. The fraction of sp³-hybridized carbons (Fsp3) is 0.286. The largest absolute Gasteiger partial charge is 0.332 e. The fourth-order valence-corrected chi connectivity index (χ4v) is 4.32. The van der Waals surface area contributed by atoms with Gasteiger partial charge >= 0.3 is 11.8 Å². The molecule has 0 saturated carbocycles. The van der Waals surface area contributed by atoms with E-state index in [-0.39, 0.29) is 0 Å². The van der Waals surface area contributed by atoms with E-state index in [1.54, 1.807) is 4.90 Å². The Hall–Kier alpha value is -2.77. The number of amides is 2. The SMILES string of the molecule is Cc1cccc2sc(NC(=O)C(=O)N3CCN(Cc4ccccc4)CC3)nc12. The predicted octanol–water partition coefficient (Wildman–Crippen LogP) is 2.89. The van der Waals surface area contributed by atoms with E-state index in [4.69, 9.17) is 0 Å². The number of aromatic nitrogens is 1. The molecule has 3 aromatic rings. The average molecular weight is 395 g/mol. The third-order valence-electron chi connectivity index (χ3n) is 4.94. The van der Waals surface area contributed by atoms with E-state index < -0.39 is 11.8 Å². The quantitative estimate of drug-likeness (QED) is 0.694. The first-order chi connectivity index (χ1) is 13.6. The molecule has 2 aromatic carbocycles. The highest BCUT2D eigenvalue weighted by Gasteiger charge is 2.26. The topological polar surface area (TPSA) is 65.5 Å². The number of aryl methyl sites for hydroxylation is 1. The lowest BCUT2D eigenvalue weighted by molar-refractivity contribution is -0.144. The molecule has 28 heavy (non-hydrogen) atoms. The Morgan fingerprint density at radius 2 is 1.79 bits per heavy atom. The Balaban J connectivity index is 1.33. The number of hydrogen-bond donors (Lipinski definition) is 1. The van der Waals surface area contributed by atoms with Crippen LogP contribution in [-0.4, -0.2) is 52.8 Å². The Kier molecular flexibility index (Phi) is 5.36. The molecular weight excluding hydrogens is 372 g/mol. The monoisotopic (exact) mass is 394 g/mol. The van der Waals surface area contributed by atoms with E-state index in [0.29, 0.717) is 18.2 Å². The second-order valence-electron chi connectivity index (χ2n) is 6.95. The summed E-state index contributed by atoms with van der Waals surface area (Å²) in [7, 11) is 0. The molecule has 1 fully saturated rings. The molecule has 1 saturated heterocycles. The predicted molar refractivity (Wildman–Crippen MR) is 111 cm³/mol. The van der Waals surface area contributed by atoms with Gasteiger partial charge < -0.3 is 4.90 Å². The summed E-state index contributed by atoms with van der Waals surface area (Å²) in [6, 6.07) is 16.2. The summed E-state index contributed by atoms with van der Waals surface area (Å²) in [5.41, 5.74) is 3.17. The number of benzene rings is 2. The third-order valence-corrected chi connectivity index (χ3v) is 5.88. The van der Waals surface area contributed by atoms with Gasteiger partial charge in [-0.2, -0.15) is 0 Å². The van der Waals surface area contributed by atoms with Gasteiger partial charge in [-0.05, 0) is 24.1 Å². The fourth-order valence-electron chi connectivity index (χ4n) is 3.38. The summed E-state index contributed by atoms with van der Waals surface area (Å²) in [6.07, 6.45) is 0. The number of para-hydroxylation sites is 1. The van der Waals surface area contributed by atoms with Gasteiger partial charge in [0.1, 0.15) is 0 Å². The number of carbonyl (C=O) groups excluding carboxylic acids is 2. The third kappa shape index (κ3) is 4.05. The van der Waals surface area contributed by atoms with Crippen LogP contribution < -0.4 is 5.32 Å². The Bertz CT molecular complexity index is 994. The molecule has 1 aromatic heterocycles. The van der Waals surface area contributed by atoms with Crippen LogP contribution in [0.3, 0.4) is 0 Å². The smallest absolute Gasteiger partial charge is 0.315 e. The van der Waals surface area contributed by atoms with Crippen LogP contribution in [0.15, 0.2) is 48.5 Å². The number of fused-ring (bicyclic) bond motifs is 1. The second-order valence-corrected chi connectivity index (χ2v) is 7.98. The zero-order valence-corrected chi connectivity index (χ0v) is 16.5. The lowest BCUT2D eigenvalue weighted by Crippen LogP contribution is -2.51. The molecule has 0 bridgehead atoms. The minimum Gasteiger partial charge on any atom is -0.332 e. The molecule has 0 atom stereocenters. The van der Waals surface area contributed by atoms with Crippen molar-refractivity contribution in [2.24, 2.45) is 0 Å². The molecule has 2 amide bonds. The van der Waals surface area contributed by atoms with Gasteiger partial charge in [-0.25, -0.2) is 4.98 Å². The standard InChI is InChI=1S/C21H22N4O2S/c1-15-6-5-9-17-18(15)22-21(28-17)23-19(26)20(27)25-12-10-24(11-13-25)14-16-7-3-2-4-8-16/h2-9H,10-14H2,1H3,(H,22,23,26). The van der Waals surface area contributed by atoms with Crippen molar-refractivity contribution in [2.75, 3.05) is 31.5 Å².